The number of rotatable bonds is 3. The average molecular weight is 347 g/mol. The molecule has 2 aromatic carbocycles. The number of hydrogen-bond acceptors (Lipinski definition) is 3. The summed E-state index contributed by atoms with van der Waals surface area (Å²) in [6.45, 7) is 2.33. The molecule has 26 heavy (non-hydrogen) atoms. The van der Waals surface area contributed by atoms with E-state index in [4.69, 9.17) is 4.74 Å². The number of esters is 1. The minimum atomic E-state index is -0.210. The molecule has 2 aromatic rings. The number of nitrogens with zero attached hydrogens (tertiary/aromatic N) is 1. The Balaban J connectivity index is 1.64. The van der Waals surface area contributed by atoms with Crippen molar-refractivity contribution >= 4 is 17.7 Å². The van der Waals surface area contributed by atoms with Crippen LogP contribution in [0.4, 0.5) is 5.69 Å². The Kier molecular flexibility index (Phi) is 4.79. The Morgan fingerprint density at radius 2 is 1.65 bits per heavy atom. The molecule has 0 bridgehead atoms. The third-order valence-electron chi connectivity index (χ3n) is 5.49. The average Bonchev–Trinajstić information content (AvgIpc) is 3.14. The lowest BCUT2D eigenvalue weighted by Crippen LogP contribution is -2.17. The molecule has 0 spiro atoms. The molecule has 1 heterocycles. The van der Waals surface area contributed by atoms with E-state index in [2.05, 4.69) is 47.4 Å². The summed E-state index contributed by atoms with van der Waals surface area (Å²) in [5.74, 6) is -0.210. The molecule has 1 aliphatic carbocycles. The first kappa shape index (κ1) is 16.9. The van der Waals surface area contributed by atoms with Crippen LogP contribution in [0, 0.1) is 0 Å². The molecule has 3 nitrogen and oxygen atoms in total. The van der Waals surface area contributed by atoms with Crippen molar-refractivity contribution in [3.8, 4) is 11.1 Å². The second kappa shape index (κ2) is 7.36. The zero-order valence-electron chi connectivity index (χ0n) is 15.3. The van der Waals surface area contributed by atoms with Gasteiger partial charge < -0.3 is 9.64 Å². The van der Waals surface area contributed by atoms with Crippen LogP contribution in [0.1, 0.15) is 36.8 Å². The maximum Gasteiger partial charge on any atom is 0.333 e. The van der Waals surface area contributed by atoms with Gasteiger partial charge in [-0.05, 0) is 78.6 Å². The lowest BCUT2D eigenvalue weighted by Gasteiger charge is -2.18. The van der Waals surface area contributed by atoms with E-state index in [0.717, 1.165) is 30.4 Å². The van der Waals surface area contributed by atoms with Crippen molar-refractivity contribution in [2.45, 2.75) is 32.1 Å². The van der Waals surface area contributed by atoms with Gasteiger partial charge in [0.1, 0.15) is 0 Å². The van der Waals surface area contributed by atoms with Gasteiger partial charge in [-0.15, -0.1) is 0 Å². The maximum absolute atomic E-state index is 12.0. The number of aryl methyl sites for hydroxylation is 1. The standard InChI is InChI=1S/C23H25NO2/c1-26-23(25)20-6-4-5-17-7-8-19(15-21(17)16-20)18-9-11-22(12-10-18)24-13-2-3-14-24/h7-12,15-16H,2-6,13-14H2,1H3. The Hall–Kier alpha value is -2.55. The topological polar surface area (TPSA) is 29.5 Å². The lowest BCUT2D eigenvalue weighted by atomic mass is 9.97. The molecule has 1 saturated heterocycles. The van der Waals surface area contributed by atoms with Crippen LogP contribution < -0.4 is 4.90 Å². The van der Waals surface area contributed by atoms with Crippen molar-refractivity contribution < 1.29 is 9.53 Å². The fraction of sp³-hybridized carbons (Fsp3) is 0.348. The van der Waals surface area contributed by atoms with E-state index in [1.165, 1.54) is 55.4 Å². The molecule has 1 fully saturated rings. The van der Waals surface area contributed by atoms with Gasteiger partial charge in [-0.3, -0.25) is 0 Å². The lowest BCUT2D eigenvalue weighted by molar-refractivity contribution is -0.136. The summed E-state index contributed by atoms with van der Waals surface area (Å²) < 4.78 is 4.93. The van der Waals surface area contributed by atoms with Crippen molar-refractivity contribution in [2.75, 3.05) is 25.1 Å². The number of ether oxygens (including phenoxy) is 1. The predicted octanol–water partition coefficient (Wildman–Crippen LogP) is 4.85. The highest BCUT2D eigenvalue weighted by Gasteiger charge is 2.16. The highest BCUT2D eigenvalue weighted by Crippen LogP contribution is 2.30. The summed E-state index contributed by atoms with van der Waals surface area (Å²) in [7, 11) is 1.45. The van der Waals surface area contributed by atoms with Crippen LogP contribution in [0.15, 0.2) is 48.0 Å². The van der Waals surface area contributed by atoms with Gasteiger partial charge in [0.25, 0.3) is 0 Å². The molecule has 1 aliphatic heterocycles. The third kappa shape index (κ3) is 3.39. The molecule has 0 unspecified atom stereocenters. The van der Waals surface area contributed by atoms with Crippen molar-refractivity contribution in [2.24, 2.45) is 0 Å². The molecular formula is C23H25NO2. The Bertz CT molecular complexity index is 830. The molecule has 134 valence electrons. The first-order valence-electron chi connectivity index (χ1n) is 9.52. The van der Waals surface area contributed by atoms with Crippen molar-refractivity contribution in [3.05, 3.63) is 59.2 Å². The molecule has 4 rings (SSSR count). The molecule has 0 atom stereocenters. The number of fused-ring (bicyclic) bond motifs is 1. The van der Waals surface area contributed by atoms with E-state index in [-0.39, 0.29) is 5.97 Å². The molecule has 0 saturated carbocycles. The number of carbonyl (C=O) groups is 1. The van der Waals surface area contributed by atoms with Crippen LogP contribution in [0.2, 0.25) is 0 Å². The number of methoxy groups -OCH3 is 1. The Morgan fingerprint density at radius 1 is 0.923 bits per heavy atom. The quantitative estimate of drug-likeness (QED) is 0.744. The highest BCUT2D eigenvalue weighted by atomic mass is 16.5. The highest BCUT2D eigenvalue weighted by molar-refractivity contribution is 5.94. The summed E-state index contributed by atoms with van der Waals surface area (Å²) in [4.78, 5) is 14.4. The third-order valence-corrected chi connectivity index (χ3v) is 5.49. The van der Waals surface area contributed by atoms with Gasteiger partial charge in [-0.25, -0.2) is 4.79 Å². The molecular weight excluding hydrogens is 322 g/mol. The summed E-state index contributed by atoms with van der Waals surface area (Å²) >= 11 is 0. The van der Waals surface area contributed by atoms with E-state index < -0.39 is 0 Å². The van der Waals surface area contributed by atoms with Crippen LogP contribution in [-0.4, -0.2) is 26.2 Å². The van der Waals surface area contributed by atoms with E-state index in [0.29, 0.717) is 0 Å². The van der Waals surface area contributed by atoms with E-state index >= 15 is 0 Å². The number of hydrogen-bond donors (Lipinski definition) is 0. The van der Waals surface area contributed by atoms with Crippen LogP contribution in [0.5, 0.6) is 0 Å². The van der Waals surface area contributed by atoms with Crippen LogP contribution >= 0.6 is 0 Å². The molecule has 0 radical (unpaired) electrons. The molecule has 3 heteroatoms. The normalized spacial score (nSPS) is 16.7. The van der Waals surface area contributed by atoms with Gasteiger partial charge in [0.2, 0.25) is 0 Å². The van der Waals surface area contributed by atoms with Crippen LogP contribution in [0.25, 0.3) is 17.2 Å². The van der Waals surface area contributed by atoms with Crippen LogP contribution in [0.3, 0.4) is 0 Å². The number of carbonyl (C=O) groups excluding carboxylic acids is 1. The van der Waals surface area contributed by atoms with E-state index in [1.54, 1.807) is 0 Å². The van der Waals surface area contributed by atoms with Gasteiger partial charge in [0.05, 0.1) is 7.11 Å². The largest absolute Gasteiger partial charge is 0.466 e. The second-order valence-corrected chi connectivity index (χ2v) is 7.17. The van der Waals surface area contributed by atoms with Crippen LogP contribution in [-0.2, 0) is 16.0 Å². The zero-order chi connectivity index (χ0) is 17.9. The smallest absolute Gasteiger partial charge is 0.333 e. The Labute approximate surface area is 155 Å². The summed E-state index contributed by atoms with van der Waals surface area (Å²) in [5.41, 5.74) is 6.94. The minimum Gasteiger partial charge on any atom is -0.466 e. The summed E-state index contributed by atoms with van der Waals surface area (Å²) in [6, 6.07) is 15.5. The van der Waals surface area contributed by atoms with Crippen molar-refractivity contribution in [3.63, 3.8) is 0 Å². The first-order chi connectivity index (χ1) is 12.7. The predicted molar refractivity (Wildman–Crippen MR) is 106 cm³/mol. The maximum atomic E-state index is 12.0. The van der Waals surface area contributed by atoms with Gasteiger partial charge >= 0.3 is 5.97 Å². The Morgan fingerprint density at radius 3 is 2.38 bits per heavy atom. The SMILES string of the molecule is COC(=O)C1=Cc2cc(-c3ccc(N4CCCC4)cc3)ccc2CCC1. The van der Waals surface area contributed by atoms with E-state index in [9.17, 15) is 4.79 Å². The molecule has 0 aromatic heterocycles. The molecule has 0 N–H and O–H groups in total. The van der Waals surface area contributed by atoms with Gasteiger partial charge in [0.15, 0.2) is 0 Å². The van der Waals surface area contributed by atoms with Crippen molar-refractivity contribution in [1.29, 1.82) is 0 Å². The molecule has 2 aliphatic rings. The van der Waals surface area contributed by atoms with Gasteiger partial charge in [0, 0.05) is 24.4 Å². The van der Waals surface area contributed by atoms with E-state index in [1.807, 2.05) is 6.08 Å². The molecule has 0 amide bonds. The van der Waals surface area contributed by atoms with Gasteiger partial charge in [-0.1, -0.05) is 24.3 Å². The monoisotopic (exact) mass is 347 g/mol. The fourth-order valence-corrected chi connectivity index (χ4v) is 4.00. The van der Waals surface area contributed by atoms with Crippen molar-refractivity contribution in [1.82, 2.24) is 0 Å². The first-order valence-corrected chi connectivity index (χ1v) is 9.52. The summed E-state index contributed by atoms with van der Waals surface area (Å²) in [5, 5.41) is 0. The van der Waals surface area contributed by atoms with Gasteiger partial charge in [-0.2, -0.15) is 0 Å². The summed E-state index contributed by atoms with van der Waals surface area (Å²) in [6.07, 6.45) is 7.36. The fourth-order valence-electron chi connectivity index (χ4n) is 4.00. The zero-order valence-corrected chi connectivity index (χ0v) is 15.3. The second-order valence-electron chi connectivity index (χ2n) is 7.17. The number of benzene rings is 2. The minimum absolute atomic E-state index is 0.210. The number of anilines is 1.